The van der Waals surface area contributed by atoms with E-state index in [9.17, 15) is 4.79 Å². The SMILES string of the molecule is Cc1ccc(-n2c(SC(C)C(N)=O)nnc2N2CCCCC2)cc1. The molecule has 3 rings (SSSR count). The highest BCUT2D eigenvalue weighted by molar-refractivity contribution is 8.00. The van der Waals surface area contributed by atoms with Gasteiger partial charge in [-0.2, -0.15) is 0 Å². The second-order valence-corrected chi connectivity index (χ2v) is 7.47. The monoisotopic (exact) mass is 345 g/mol. The molecule has 2 aromatic rings. The fourth-order valence-corrected chi connectivity index (χ4v) is 3.59. The number of primary amides is 1. The number of rotatable bonds is 5. The fourth-order valence-electron chi connectivity index (χ4n) is 2.77. The van der Waals surface area contributed by atoms with Crippen LogP contribution in [0.4, 0.5) is 5.95 Å². The maximum Gasteiger partial charge on any atom is 0.232 e. The van der Waals surface area contributed by atoms with E-state index in [0.717, 1.165) is 24.7 Å². The minimum absolute atomic E-state index is 0.349. The van der Waals surface area contributed by atoms with Gasteiger partial charge in [-0.05, 0) is 45.2 Å². The molecule has 0 saturated carbocycles. The standard InChI is InChI=1S/C17H23N5OS/c1-12-6-8-14(9-7-12)22-16(21-10-4-3-5-11-21)19-20-17(22)24-13(2)15(18)23/h6-9,13H,3-5,10-11H2,1-2H3,(H2,18,23). The minimum Gasteiger partial charge on any atom is -0.369 e. The highest BCUT2D eigenvalue weighted by Crippen LogP contribution is 2.30. The summed E-state index contributed by atoms with van der Waals surface area (Å²) in [5.41, 5.74) is 7.62. The third-order valence-corrected chi connectivity index (χ3v) is 5.29. The lowest BCUT2D eigenvalue weighted by molar-refractivity contribution is -0.117. The van der Waals surface area contributed by atoms with Crippen molar-refractivity contribution in [2.45, 2.75) is 43.5 Å². The predicted octanol–water partition coefficient (Wildman–Crippen LogP) is 2.53. The Kier molecular flexibility index (Phi) is 5.08. The quantitative estimate of drug-likeness (QED) is 0.843. The topological polar surface area (TPSA) is 77.0 Å². The molecule has 1 aliphatic rings. The number of carbonyl (C=O) groups is 1. The van der Waals surface area contributed by atoms with E-state index in [0.29, 0.717) is 5.16 Å². The van der Waals surface area contributed by atoms with Crippen molar-refractivity contribution < 1.29 is 4.79 Å². The number of piperidine rings is 1. The largest absolute Gasteiger partial charge is 0.369 e. The zero-order valence-electron chi connectivity index (χ0n) is 14.1. The third kappa shape index (κ3) is 3.56. The highest BCUT2D eigenvalue weighted by Gasteiger charge is 2.23. The summed E-state index contributed by atoms with van der Waals surface area (Å²) in [6.45, 7) is 5.83. The molecule has 1 saturated heterocycles. The molecule has 1 aromatic heterocycles. The van der Waals surface area contributed by atoms with Crippen molar-refractivity contribution in [1.29, 1.82) is 0 Å². The van der Waals surface area contributed by atoms with Gasteiger partial charge in [0.05, 0.1) is 10.9 Å². The molecule has 1 aromatic carbocycles. The van der Waals surface area contributed by atoms with Crippen LogP contribution in [0.15, 0.2) is 29.4 Å². The van der Waals surface area contributed by atoms with E-state index in [1.54, 1.807) is 6.92 Å². The first-order valence-corrected chi connectivity index (χ1v) is 9.17. The molecular weight excluding hydrogens is 322 g/mol. The molecule has 0 radical (unpaired) electrons. The molecule has 1 aliphatic heterocycles. The van der Waals surface area contributed by atoms with E-state index in [2.05, 4.69) is 46.3 Å². The van der Waals surface area contributed by atoms with E-state index in [1.165, 1.54) is 36.6 Å². The van der Waals surface area contributed by atoms with Crippen molar-refractivity contribution in [3.63, 3.8) is 0 Å². The molecule has 7 heteroatoms. The highest BCUT2D eigenvalue weighted by atomic mass is 32.2. The summed E-state index contributed by atoms with van der Waals surface area (Å²) in [5, 5.41) is 9.10. The molecule has 128 valence electrons. The number of aryl methyl sites for hydroxylation is 1. The van der Waals surface area contributed by atoms with E-state index in [4.69, 9.17) is 5.73 Å². The van der Waals surface area contributed by atoms with Crippen LogP contribution < -0.4 is 10.6 Å². The molecule has 6 nitrogen and oxygen atoms in total. The molecule has 1 fully saturated rings. The summed E-state index contributed by atoms with van der Waals surface area (Å²) < 4.78 is 2.04. The van der Waals surface area contributed by atoms with Crippen molar-refractivity contribution in [2.24, 2.45) is 5.73 Å². The molecule has 1 atom stereocenters. The summed E-state index contributed by atoms with van der Waals surface area (Å²) in [5.74, 6) is 0.496. The van der Waals surface area contributed by atoms with Gasteiger partial charge < -0.3 is 10.6 Å². The molecule has 0 spiro atoms. The van der Waals surface area contributed by atoms with Gasteiger partial charge in [0.25, 0.3) is 0 Å². The van der Waals surface area contributed by atoms with Crippen molar-refractivity contribution in [2.75, 3.05) is 18.0 Å². The normalized spacial score (nSPS) is 16.2. The number of amides is 1. The Morgan fingerprint density at radius 3 is 2.46 bits per heavy atom. The summed E-state index contributed by atoms with van der Waals surface area (Å²) in [6.07, 6.45) is 3.59. The zero-order valence-corrected chi connectivity index (χ0v) is 14.9. The van der Waals surface area contributed by atoms with Gasteiger partial charge in [0.1, 0.15) is 0 Å². The zero-order chi connectivity index (χ0) is 17.1. The van der Waals surface area contributed by atoms with Crippen LogP contribution in [0.2, 0.25) is 0 Å². The Hall–Kier alpha value is -2.02. The van der Waals surface area contributed by atoms with Crippen LogP contribution in [0.1, 0.15) is 31.7 Å². The van der Waals surface area contributed by atoms with Crippen LogP contribution in [0.3, 0.4) is 0 Å². The number of hydrogen-bond donors (Lipinski definition) is 1. The Balaban J connectivity index is 2.01. The minimum atomic E-state index is -0.354. The molecule has 0 aliphatic carbocycles. The van der Waals surface area contributed by atoms with Gasteiger partial charge in [0, 0.05) is 13.1 Å². The van der Waals surface area contributed by atoms with Crippen LogP contribution >= 0.6 is 11.8 Å². The molecule has 0 bridgehead atoms. The number of hydrogen-bond acceptors (Lipinski definition) is 5. The maximum absolute atomic E-state index is 11.4. The first-order chi connectivity index (χ1) is 11.6. The summed E-state index contributed by atoms with van der Waals surface area (Å²) in [4.78, 5) is 13.7. The molecule has 1 unspecified atom stereocenters. The van der Waals surface area contributed by atoms with Crippen LogP contribution in [-0.4, -0.2) is 39.0 Å². The average molecular weight is 345 g/mol. The summed E-state index contributed by atoms with van der Waals surface area (Å²) in [7, 11) is 0. The molecule has 2 N–H and O–H groups in total. The fraction of sp³-hybridized carbons (Fsp3) is 0.471. The predicted molar refractivity (Wildman–Crippen MR) is 96.7 cm³/mol. The van der Waals surface area contributed by atoms with Gasteiger partial charge >= 0.3 is 0 Å². The van der Waals surface area contributed by atoms with Crippen molar-refractivity contribution in [3.05, 3.63) is 29.8 Å². The molecular formula is C17H23N5OS. The van der Waals surface area contributed by atoms with Crippen LogP contribution in [-0.2, 0) is 4.79 Å². The lowest BCUT2D eigenvalue weighted by Gasteiger charge is -2.28. The van der Waals surface area contributed by atoms with Gasteiger partial charge in [-0.15, -0.1) is 10.2 Å². The summed E-state index contributed by atoms with van der Waals surface area (Å²) in [6, 6.07) is 8.26. The Morgan fingerprint density at radius 1 is 1.17 bits per heavy atom. The van der Waals surface area contributed by atoms with Crippen LogP contribution in [0, 0.1) is 6.92 Å². The number of benzene rings is 1. The van der Waals surface area contributed by atoms with Crippen LogP contribution in [0.5, 0.6) is 0 Å². The smallest absolute Gasteiger partial charge is 0.232 e. The first kappa shape index (κ1) is 16.8. The molecule has 24 heavy (non-hydrogen) atoms. The number of thioether (sulfide) groups is 1. The van der Waals surface area contributed by atoms with Crippen molar-refractivity contribution >= 4 is 23.6 Å². The van der Waals surface area contributed by atoms with E-state index in [-0.39, 0.29) is 11.2 Å². The number of nitrogens with two attached hydrogens (primary N) is 1. The number of anilines is 1. The van der Waals surface area contributed by atoms with Crippen molar-refractivity contribution in [3.8, 4) is 5.69 Å². The second kappa shape index (κ2) is 7.25. The van der Waals surface area contributed by atoms with Gasteiger partial charge in [-0.25, -0.2) is 0 Å². The second-order valence-electron chi connectivity index (χ2n) is 6.16. The lowest BCUT2D eigenvalue weighted by Crippen LogP contribution is -2.31. The first-order valence-electron chi connectivity index (χ1n) is 8.29. The van der Waals surface area contributed by atoms with E-state index in [1.807, 2.05) is 4.57 Å². The number of nitrogens with zero attached hydrogens (tertiary/aromatic N) is 4. The van der Waals surface area contributed by atoms with Gasteiger partial charge in [-0.1, -0.05) is 29.5 Å². The maximum atomic E-state index is 11.4. The molecule has 1 amide bonds. The summed E-state index contributed by atoms with van der Waals surface area (Å²) >= 11 is 1.35. The number of carbonyl (C=O) groups excluding carboxylic acids is 1. The average Bonchev–Trinajstić information content (AvgIpc) is 3.00. The van der Waals surface area contributed by atoms with E-state index >= 15 is 0 Å². The third-order valence-electron chi connectivity index (χ3n) is 4.23. The van der Waals surface area contributed by atoms with Gasteiger partial charge in [0.2, 0.25) is 11.9 Å². The van der Waals surface area contributed by atoms with Crippen LogP contribution in [0.25, 0.3) is 5.69 Å². The van der Waals surface area contributed by atoms with E-state index < -0.39 is 0 Å². The van der Waals surface area contributed by atoms with Crippen molar-refractivity contribution in [1.82, 2.24) is 14.8 Å². The Morgan fingerprint density at radius 2 is 1.83 bits per heavy atom. The van der Waals surface area contributed by atoms with Gasteiger partial charge in [0.15, 0.2) is 5.16 Å². The Bertz CT molecular complexity index is 706. The number of aromatic nitrogens is 3. The molecule has 2 heterocycles. The Labute approximate surface area is 146 Å². The lowest BCUT2D eigenvalue weighted by atomic mass is 10.1. The van der Waals surface area contributed by atoms with Gasteiger partial charge in [-0.3, -0.25) is 9.36 Å².